The molecule has 0 aliphatic rings. The van der Waals surface area contributed by atoms with Crippen molar-refractivity contribution in [1.29, 1.82) is 0 Å². The first kappa shape index (κ1) is 14.9. The van der Waals surface area contributed by atoms with Gasteiger partial charge < -0.3 is 10.2 Å². The number of hydrogen-bond donors (Lipinski definition) is 1. The molecule has 0 saturated heterocycles. The minimum Gasteiger partial charge on any atom is -0.368 e. The topological polar surface area (TPSA) is 15.3 Å². The van der Waals surface area contributed by atoms with Gasteiger partial charge in [0.1, 0.15) is 0 Å². The van der Waals surface area contributed by atoms with E-state index in [1.165, 1.54) is 10.4 Å². The minimum atomic E-state index is 0.797. The molecule has 1 aromatic heterocycles. The van der Waals surface area contributed by atoms with Crippen LogP contribution in [0.25, 0.3) is 0 Å². The molecule has 0 radical (unpaired) electrons. The molecular weight excluding hydrogens is 344 g/mol. The van der Waals surface area contributed by atoms with Gasteiger partial charge in [-0.15, -0.1) is 11.3 Å². The summed E-state index contributed by atoms with van der Waals surface area (Å²) in [7, 11) is 4.00. The Morgan fingerprint density at radius 2 is 2.16 bits per heavy atom. The van der Waals surface area contributed by atoms with Crippen LogP contribution in [0.15, 0.2) is 34.1 Å². The van der Waals surface area contributed by atoms with Crippen LogP contribution < -0.4 is 10.2 Å². The molecule has 1 aromatic carbocycles. The van der Waals surface area contributed by atoms with E-state index in [-0.39, 0.29) is 0 Å². The van der Waals surface area contributed by atoms with E-state index < -0.39 is 0 Å². The molecule has 0 aliphatic carbocycles. The third kappa shape index (κ3) is 3.96. The van der Waals surface area contributed by atoms with Crippen LogP contribution in [0.1, 0.15) is 10.4 Å². The minimum absolute atomic E-state index is 0.797. The largest absolute Gasteiger partial charge is 0.368 e. The van der Waals surface area contributed by atoms with Crippen molar-refractivity contribution >= 4 is 44.6 Å². The van der Waals surface area contributed by atoms with Gasteiger partial charge in [0, 0.05) is 28.3 Å². The standard InChI is InChI=1S/C14H16BrClN2S/c1-17-7-10-3-4-14(13(16)5-10)18(2)8-12-6-11(15)9-19-12/h3-6,9,17H,7-8H2,1-2H3. The molecule has 102 valence electrons. The Bertz CT molecular complexity index is 556. The number of anilines is 1. The zero-order chi connectivity index (χ0) is 13.8. The first-order valence-corrected chi connectivity index (χ1v) is 8.02. The van der Waals surface area contributed by atoms with Gasteiger partial charge in [0.25, 0.3) is 0 Å². The quantitative estimate of drug-likeness (QED) is 0.844. The van der Waals surface area contributed by atoms with Gasteiger partial charge in [-0.25, -0.2) is 0 Å². The molecule has 2 rings (SSSR count). The van der Waals surface area contributed by atoms with Gasteiger partial charge in [0.2, 0.25) is 0 Å². The molecule has 0 spiro atoms. The second kappa shape index (κ2) is 6.75. The number of hydrogen-bond acceptors (Lipinski definition) is 3. The third-order valence-corrected chi connectivity index (χ3v) is 4.80. The molecule has 0 atom stereocenters. The molecule has 1 N–H and O–H groups in total. The van der Waals surface area contributed by atoms with Crippen LogP contribution in [-0.4, -0.2) is 14.1 Å². The molecule has 1 heterocycles. The van der Waals surface area contributed by atoms with E-state index in [0.717, 1.165) is 28.3 Å². The fourth-order valence-electron chi connectivity index (χ4n) is 1.93. The van der Waals surface area contributed by atoms with Crippen LogP contribution in [0.3, 0.4) is 0 Å². The Morgan fingerprint density at radius 3 is 2.74 bits per heavy atom. The Kier molecular flexibility index (Phi) is 5.28. The van der Waals surface area contributed by atoms with E-state index in [0.29, 0.717) is 0 Å². The summed E-state index contributed by atoms with van der Waals surface area (Å²) in [5.74, 6) is 0. The highest BCUT2D eigenvalue weighted by atomic mass is 79.9. The average molecular weight is 360 g/mol. The van der Waals surface area contributed by atoms with Crippen molar-refractivity contribution in [3.63, 3.8) is 0 Å². The van der Waals surface area contributed by atoms with E-state index in [2.05, 4.69) is 56.8 Å². The molecular formula is C14H16BrClN2S. The molecule has 0 amide bonds. The lowest BCUT2D eigenvalue weighted by atomic mass is 10.2. The van der Waals surface area contributed by atoms with E-state index in [1.807, 2.05) is 13.1 Å². The molecule has 19 heavy (non-hydrogen) atoms. The van der Waals surface area contributed by atoms with Gasteiger partial charge in [0.15, 0.2) is 0 Å². The average Bonchev–Trinajstić information content (AvgIpc) is 2.75. The molecule has 0 bridgehead atoms. The van der Waals surface area contributed by atoms with E-state index in [4.69, 9.17) is 11.6 Å². The van der Waals surface area contributed by atoms with E-state index in [9.17, 15) is 0 Å². The molecule has 5 heteroatoms. The van der Waals surface area contributed by atoms with Gasteiger partial charge in [0.05, 0.1) is 17.3 Å². The molecule has 2 aromatic rings. The second-order valence-corrected chi connectivity index (χ2v) is 6.72. The first-order chi connectivity index (χ1) is 9.10. The zero-order valence-corrected chi connectivity index (χ0v) is 14.1. The van der Waals surface area contributed by atoms with Gasteiger partial charge >= 0.3 is 0 Å². The summed E-state index contributed by atoms with van der Waals surface area (Å²) < 4.78 is 1.14. The maximum Gasteiger partial charge on any atom is 0.0642 e. The lowest BCUT2D eigenvalue weighted by Gasteiger charge is -2.20. The van der Waals surface area contributed by atoms with Crippen LogP contribution in [0.5, 0.6) is 0 Å². The van der Waals surface area contributed by atoms with Crippen molar-refractivity contribution in [2.75, 3.05) is 19.0 Å². The van der Waals surface area contributed by atoms with Crippen LogP contribution in [0.4, 0.5) is 5.69 Å². The molecule has 0 aliphatic heterocycles. The fourth-order valence-corrected chi connectivity index (χ4v) is 3.78. The van der Waals surface area contributed by atoms with Gasteiger partial charge in [-0.3, -0.25) is 0 Å². The van der Waals surface area contributed by atoms with Crippen molar-refractivity contribution in [3.05, 3.63) is 49.6 Å². The summed E-state index contributed by atoms with van der Waals surface area (Å²) in [5, 5.41) is 6.02. The van der Waals surface area contributed by atoms with Crippen LogP contribution in [0, 0.1) is 0 Å². The number of nitrogens with zero attached hydrogens (tertiary/aromatic N) is 1. The second-order valence-electron chi connectivity index (χ2n) is 4.40. The highest BCUT2D eigenvalue weighted by Gasteiger charge is 2.08. The smallest absolute Gasteiger partial charge is 0.0642 e. The Hall–Kier alpha value is -0.550. The SMILES string of the molecule is CNCc1ccc(N(C)Cc2cc(Br)cs2)c(Cl)c1. The highest BCUT2D eigenvalue weighted by molar-refractivity contribution is 9.10. The van der Waals surface area contributed by atoms with Crippen molar-refractivity contribution in [3.8, 4) is 0 Å². The molecule has 0 unspecified atom stereocenters. The molecule has 2 nitrogen and oxygen atoms in total. The van der Waals surface area contributed by atoms with Gasteiger partial charge in [-0.1, -0.05) is 17.7 Å². The predicted octanol–water partition coefficient (Wildman–Crippen LogP) is 4.52. The number of nitrogens with one attached hydrogen (secondary N) is 1. The summed E-state index contributed by atoms with van der Waals surface area (Å²) in [4.78, 5) is 3.48. The number of thiophene rings is 1. The van der Waals surface area contributed by atoms with Crippen LogP contribution in [-0.2, 0) is 13.1 Å². The van der Waals surface area contributed by atoms with E-state index >= 15 is 0 Å². The first-order valence-electron chi connectivity index (χ1n) is 5.97. The maximum atomic E-state index is 6.36. The number of rotatable bonds is 5. The maximum absolute atomic E-state index is 6.36. The predicted molar refractivity (Wildman–Crippen MR) is 88.3 cm³/mol. The monoisotopic (exact) mass is 358 g/mol. The Balaban J connectivity index is 2.12. The zero-order valence-electron chi connectivity index (χ0n) is 10.9. The van der Waals surface area contributed by atoms with Gasteiger partial charge in [-0.2, -0.15) is 0 Å². The van der Waals surface area contributed by atoms with Crippen LogP contribution >= 0.6 is 38.9 Å². The van der Waals surface area contributed by atoms with E-state index in [1.54, 1.807) is 11.3 Å². The van der Waals surface area contributed by atoms with Crippen molar-refractivity contribution in [2.24, 2.45) is 0 Å². The lowest BCUT2D eigenvalue weighted by Crippen LogP contribution is -2.16. The molecule has 0 fully saturated rings. The Labute approximate surface area is 131 Å². The van der Waals surface area contributed by atoms with Crippen molar-refractivity contribution < 1.29 is 0 Å². The van der Waals surface area contributed by atoms with Gasteiger partial charge in [-0.05, 0) is 46.7 Å². The number of benzene rings is 1. The number of halogens is 2. The summed E-state index contributed by atoms with van der Waals surface area (Å²) in [5.41, 5.74) is 2.26. The van der Waals surface area contributed by atoms with Crippen LogP contribution in [0.2, 0.25) is 5.02 Å². The highest BCUT2D eigenvalue weighted by Crippen LogP contribution is 2.29. The lowest BCUT2D eigenvalue weighted by molar-refractivity contribution is 0.817. The summed E-state index contributed by atoms with van der Waals surface area (Å²) >= 11 is 11.6. The molecule has 0 saturated carbocycles. The van der Waals surface area contributed by atoms with Crippen molar-refractivity contribution in [2.45, 2.75) is 13.1 Å². The fraction of sp³-hybridized carbons (Fsp3) is 0.286. The Morgan fingerprint density at radius 1 is 1.37 bits per heavy atom. The van der Waals surface area contributed by atoms with Crippen molar-refractivity contribution in [1.82, 2.24) is 5.32 Å². The summed E-state index contributed by atoms with van der Waals surface area (Å²) in [6.45, 7) is 1.70. The summed E-state index contributed by atoms with van der Waals surface area (Å²) in [6.07, 6.45) is 0. The third-order valence-electron chi connectivity index (χ3n) is 2.82. The normalized spacial score (nSPS) is 10.7. The summed E-state index contributed by atoms with van der Waals surface area (Å²) in [6, 6.07) is 8.36.